The molecule has 0 aromatic heterocycles. The van der Waals surface area contributed by atoms with Crippen LogP contribution in [0.2, 0.25) is 0 Å². The Hall–Kier alpha value is -2.12. The van der Waals surface area contributed by atoms with Crippen molar-refractivity contribution in [2.45, 2.75) is 38.8 Å². The van der Waals surface area contributed by atoms with E-state index in [1.54, 1.807) is 0 Å². The maximum atomic E-state index is 11.2. The van der Waals surface area contributed by atoms with E-state index in [2.05, 4.69) is 10.6 Å². The molecular formula is C10H16N2O6. The molecule has 18 heavy (non-hydrogen) atoms. The molecule has 0 radical (unpaired) electrons. The first kappa shape index (κ1) is 15.9. The first-order chi connectivity index (χ1) is 8.23. The first-order valence-corrected chi connectivity index (χ1v) is 5.28. The highest BCUT2D eigenvalue weighted by atomic mass is 16.4. The second-order valence-corrected chi connectivity index (χ2v) is 3.75. The van der Waals surface area contributed by atoms with Crippen LogP contribution in [-0.2, 0) is 19.2 Å². The predicted octanol–water partition coefficient (Wildman–Crippen LogP) is -1.05. The average Bonchev–Trinajstić information content (AvgIpc) is 2.25. The van der Waals surface area contributed by atoms with E-state index in [4.69, 9.17) is 10.2 Å². The van der Waals surface area contributed by atoms with Crippen molar-refractivity contribution in [2.75, 3.05) is 0 Å². The van der Waals surface area contributed by atoms with E-state index in [1.165, 1.54) is 13.8 Å². The second kappa shape index (κ2) is 7.25. The molecule has 2 unspecified atom stereocenters. The van der Waals surface area contributed by atoms with Gasteiger partial charge in [0.25, 0.3) is 0 Å². The van der Waals surface area contributed by atoms with Gasteiger partial charge in [-0.05, 0) is 13.8 Å². The molecule has 0 aromatic rings. The van der Waals surface area contributed by atoms with Crippen LogP contribution in [0.25, 0.3) is 0 Å². The molecule has 2 amide bonds. The van der Waals surface area contributed by atoms with Crippen LogP contribution in [0, 0.1) is 0 Å². The van der Waals surface area contributed by atoms with E-state index in [0.29, 0.717) is 0 Å². The zero-order chi connectivity index (χ0) is 14.3. The van der Waals surface area contributed by atoms with Crippen molar-refractivity contribution in [2.24, 2.45) is 0 Å². The molecule has 0 saturated heterocycles. The summed E-state index contributed by atoms with van der Waals surface area (Å²) in [5, 5.41) is 21.4. The van der Waals surface area contributed by atoms with Gasteiger partial charge in [-0.15, -0.1) is 0 Å². The second-order valence-electron chi connectivity index (χ2n) is 3.75. The summed E-state index contributed by atoms with van der Waals surface area (Å²) in [7, 11) is 0. The zero-order valence-corrected chi connectivity index (χ0v) is 10.1. The third-order valence-electron chi connectivity index (χ3n) is 2.07. The topological polar surface area (TPSA) is 133 Å². The SMILES string of the molecule is CC(NC(=O)CCC(=O)NC(C)C(=O)O)C(=O)O. The smallest absolute Gasteiger partial charge is 0.325 e. The highest BCUT2D eigenvalue weighted by molar-refractivity contribution is 5.88. The molecule has 0 aromatic carbocycles. The van der Waals surface area contributed by atoms with E-state index in [1.807, 2.05) is 0 Å². The number of rotatable bonds is 7. The predicted molar refractivity (Wildman–Crippen MR) is 59.7 cm³/mol. The van der Waals surface area contributed by atoms with Crippen molar-refractivity contribution < 1.29 is 29.4 Å². The Balaban J connectivity index is 3.96. The van der Waals surface area contributed by atoms with Crippen LogP contribution in [0.4, 0.5) is 0 Å². The normalized spacial score (nSPS) is 13.2. The lowest BCUT2D eigenvalue weighted by Gasteiger charge is -2.10. The fourth-order valence-corrected chi connectivity index (χ4v) is 0.978. The van der Waals surface area contributed by atoms with Crippen LogP contribution in [0.15, 0.2) is 0 Å². The van der Waals surface area contributed by atoms with Crippen LogP contribution in [0.1, 0.15) is 26.7 Å². The number of carbonyl (C=O) groups is 4. The Bertz CT molecular complexity index is 320. The monoisotopic (exact) mass is 260 g/mol. The summed E-state index contributed by atoms with van der Waals surface area (Å²) in [6, 6.07) is -2.06. The number of hydrogen-bond donors (Lipinski definition) is 4. The number of carboxylic acids is 2. The van der Waals surface area contributed by atoms with E-state index in [0.717, 1.165) is 0 Å². The summed E-state index contributed by atoms with van der Waals surface area (Å²) in [4.78, 5) is 43.3. The van der Waals surface area contributed by atoms with Crippen molar-refractivity contribution in [3.05, 3.63) is 0 Å². The maximum Gasteiger partial charge on any atom is 0.325 e. The Morgan fingerprint density at radius 1 is 0.833 bits per heavy atom. The number of carboxylic acid groups (broad SMARTS) is 2. The maximum absolute atomic E-state index is 11.2. The molecule has 8 nitrogen and oxygen atoms in total. The standard InChI is InChI=1S/C10H16N2O6/c1-5(9(15)16)11-7(13)3-4-8(14)12-6(2)10(17)18/h5-6H,3-4H2,1-2H3,(H,11,13)(H,12,14)(H,15,16)(H,17,18). The van der Waals surface area contributed by atoms with Crippen LogP contribution < -0.4 is 10.6 Å². The van der Waals surface area contributed by atoms with Gasteiger partial charge in [0.15, 0.2) is 0 Å². The highest BCUT2D eigenvalue weighted by Gasteiger charge is 2.17. The lowest BCUT2D eigenvalue weighted by atomic mass is 10.2. The van der Waals surface area contributed by atoms with E-state index >= 15 is 0 Å². The van der Waals surface area contributed by atoms with Crippen molar-refractivity contribution in [1.82, 2.24) is 10.6 Å². The highest BCUT2D eigenvalue weighted by Crippen LogP contribution is 1.93. The number of carbonyl (C=O) groups excluding carboxylic acids is 2. The van der Waals surface area contributed by atoms with Crippen molar-refractivity contribution in [3.8, 4) is 0 Å². The number of hydrogen-bond acceptors (Lipinski definition) is 4. The summed E-state index contributed by atoms with van der Waals surface area (Å²) in [5.41, 5.74) is 0. The fourth-order valence-electron chi connectivity index (χ4n) is 0.978. The van der Waals surface area contributed by atoms with Gasteiger partial charge >= 0.3 is 11.9 Å². The largest absolute Gasteiger partial charge is 0.480 e. The molecule has 0 fully saturated rings. The minimum Gasteiger partial charge on any atom is -0.480 e. The lowest BCUT2D eigenvalue weighted by molar-refractivity contribution is -0.142. The van der Waals surface area contributed by atoms with Crippen LogP contribution in [-0.4, -0.2) is 46.0 Å². The van der Waals surface area contributed by atoms with Crippen LogP contribution >= 0.6 is 0 Å². The summed E-state index contributed by atoms with van der Waals surface area (Å²) in [6.07, 6.45) is -0.397. The molecular weight excluding hydrogens is 244 g/mol. The van der Waals surface area contributed by atoms with Gasteiger partial charge < -0.3 is 20.8 Å². The lowest BCUT2D eigenvalue weighted by Crippen LogP contribution is -2.40. The fraction of sp³-hybridized carbons (Fsp3) is 0.600. The third-order valence-corrected chi connectivity index (χ3v) is 2.07. The molecule has 0 aliphatic carbocycles. The summed E-state index contributed by atoms with van der Waals surface area (Å²) >= 11 is 0. The Kier molecular flexibility index (Phi) is 6.40. The van der Waals surface area contributed by atoms with Gasteiger partial charge in [-0.2, -0.15) is 0 Å². The molecule has 8 heteroatoms. The molecule has 0 spiro atoms. The molecule has 0 rings (SSSR count). The first-order valence-electron chi connectivity index (χ1n) is 5.28. The Labute approximate surface area is 103 Å². The van der Waals surface area contributed by atoms with Gasteiger partial charge in [0, 0.05) is 12.8 Å². The van der Waals surface area contributed by atoms with Crippen LogP contribution in [0.3, 0.4) is 0 Å². The van der Waals surface area contributed by atoms with Gasteiger partial charge in [-0.3, -0.25) is 19.2 Å². The molecule has 4 N–H and O–H groups in total. The quantitative estimate of drug-likeness (QED) is 0.461. The summed E-state index contributed by atoms with van der Waals surface area (Å²) in [5.74, 6) is -3.51. The van der Waals surface area contributed by atoms with Gasteiger partial charge in [-0.1, -0.05) is 0 Å². The molecule has 0 aliphatic heterocycles. The van der Waals surface area contributed by atoms with E-state index in [-0.39, 0.29) is 12.8 Å². The van der Waals surface area contributed by atoms with Gasteiger partial charge in [0.05, 0.1) is 0 Å². The van der Waals surface area contributed by atoms with Gasteiger partial charge in [0.2, 0.25) is 11.8 Å². The number of aliphatic carboxylic acids is 2. The third kappa shape index (κ3) is 6.46. The molecule has 0 bridgehead atoms. The molecule has 102 valence electrons. The molecule has 0 heterocycles. The Morgan fingerprint density at radius 2 is 1.11 bits per heavy atom. The van der Waals surface area contributed by atoms with Gasteiger partial charge in [-0.25, -0.2) is 0 Å². The minimum absolute atomic E-state index is 0.199. The molecule has 2 atom stereocenters. The van der Waals surface area contributed by atoms with Crippen molar-refractivity contribution in [3.63, 3.8) is 0 Å². The average molecular weight is 260 g/mol. The summed E-state index contributed by atoms with van der Waals surface area (Å²) < 4.78 is 0. The van der Waals surface area contributed by atoms with Crippen LogP contribution in [0.5, 0.6) is 0 Å². The molecule has 0 saturated carbocycles. The number of amides is 2. The van der Waals surface area contributed by atoms with Crippen molar-refractivity contribution in [1.29, 1.82) is 0 Å². The zero-order valence-electron chi connectivity index (χ0n) is 10.1. The van der Waals surface area contributed by atoms with Gasteiger partial charge in [0.1, 0.15) is 12.1 Å². The summed E-state index contributed by atoms with van der Waals surface area (Å²) in [6.45, 7) is 2.60. The van der Waals surface area contributed by atoms with E-state index < -0.39 is 35.8 Å². The number of nitrogens with one attached hydrogen (secondary N) is 2. The minimum atomic E-state index is -1.17. The van der Waals surface area contributed by atoms with E-state index in [9.17, 15) is 19.2 Å². The Morgan fingerprint density at radius 3 is 1.33 bits per heavy atom. The van der Waals surface area contributed by atoms with Crippen molar-refractivity contribution >= 4 is 23.8 Å². The molecule has 0 aliphatic rings.